The van der Waals surface area contributed by atoms with Crippen molar-refractivity contribution >= 4 is 33.4 Å². The van der Waals surface area contributed by atoms with Gasteiger partial charge in [-0.25, -0.2) is 0 Å². The van der Waals surface area contributed by atoms with Crippen molar-refractivity contribution in [3.63, 3.8) is 0 Å². The molecule has 94 valence electrons. The van der Waals surface area contributed by atoms with Crippen LogP contribution in [0, 0.1) is 5.41 Å². The molecular weight excluding hydrogens is 302 g/mol. The van der Waals surface area contributed by atoms with E-state index in [1.165, 1.54) is 0 Å². The summed E-state index contributed by atoms with van der Waals surface area (Å²) in [5.74, 6) is -0.00525. The molecule has 17 heavy (non-hydrogen) atoms. The maximum Gasteiger partial charge on any atom is 0.253 e. The Morgan fingerprint density at radius 3 is 2.47 bits per heavy atom. The lowest BCUT2D eigenvalue weighted by Gasteiger charge is -2.26. The number of hydrogen-bond donors (Lipinski definition) is 0. The highest BCUT2D eigenvalue weighted by Crippen LogP contribution is 2.24. The second kappa shape index (κ2) is 5.40. The van der Waals surface area contributed by atoms with Crippen LogP contribution in [0.4, 0.5) is 0 Å². The van der Waals surface area contributed by atoms with Gasteiger partial charge < -0.3 is 4.90 Å². The summed E-state index contributed by atoms with van der Waals surface area (Å²) in [6, 6.07) is 5.26. The SMILES string of the molecule is CN(CC(C)(C)C)C(=O)c1ccc(Br)c(Cl)c1. The molecule has 0 radical (unpaired) electrons. The maximum atomic E-state index is 12.1. The van der Waals surface area contributed by atoms with E-state index in [1.807, 2.05) is 7.05 Å². The Labute approximate surface area is 116 Å². The third-order valence-corrected chi connectivity index (χ3v) is 3.46. The number of amides is 1. The monoisotopic (exact) mass is 317 g/mol. The van der Waals surface area contributed by atoms with E-state index in [-0.39, 0.29) is 11.3 Å². The van der Waals surface area contributed by atoms with Crippen LogP contribution in [0.25, 0.3) is 0 Å². The summed E-state index contributed by atoms with van der Waals surface area (Å²) >= 11 is 9.29. The summed E-state index contributed by atoms with van der Waals surface area (Å²) in [5.41, 5.74) is 0.703. The minimum atomic E-state index is -0.00525. The van der Waals surface area contributed by atoms with Gasteiger partial charge in [-0.1, -0.05) is 32.4 Å². The smallest absolute Gasteiger partial charge is 0.253 e. The average molecular weight is 319 g/mol. The first-order valence-corrected chi connectivity index (χ1v) is 6.58. The third-order valence-electron chi connectivity index (χ3n) is 2.22. The number of hydrogen-bond acceptors (Lipinski definition) is 1. The maximum absolute atomic E-state index is 12.1. The van der Waals surface area contributed by atoms with E-state index in [0.717, 1.165) is 4.47 Å². The molecule has 1 rings (SSSR count). The van der Waals surface area contributed by atoms with Gasteiger partial charge in [0.25, 0.3) is 5.91 Å². The first kappa shape index (κ1) is 14.5. The summed E-state index contributed by atoms with van der Waals surface area (Å²) in [7, 11) is 1.81. The molecule has 0 saturated heterocycles. The van der Waals surface area contributed by atoms with Crippen molar-refractivity contribution < 1.29 is 4.79 Å². The van der Waals surface area contributed by atoms with Crippen molar-refractivity contribution in [2.45, 2.75) is 20.8 Å². The molecule has 4 heteroatoms. The number of carbonyl (C=O) groups excluding carboxylic acids is 1. The van der Waals surface area contributed by atoms with Crippen molar-refractivity contribution in [3.05, 3.63) is 33.3 Å². The van der Waals surface area contributed by atoms with Crippen LogP contribution in [0.3, 0.4) is 0 Å². The summed E-state index contributed by atoms with van der Waals surface area (Å²) in [5, 5.41) is 0.556. The van der Waals surface area contributed by atoms with Crippen LogP contribution in [-0.4, -0.2) is 24.4 Å². The Morgan fingerprint density at radius 2 is 2.00 bits per heavy atom. The molecule has 0 saturated carbocycles. The molecule has 0 heterocycles. The van der Waals surface area contributed by atoms with Gasteiger partial charge in [0, 0.05) is 23.6 Å². The highest BCUT2D eigenvalue weighted by Gasteiger charge is 2.19. The predicted octanol–water partition coefficient (Wildman–Crippen LogP) is 4.22. The second-order valence-corrected chi connectivity index (χ2v) is 6.61. The van der Waals surface area contributed by atoms with Crippen LogP contribution in [-0.2, 0) is 0 Å². The van der Waals surface area contributed by atoms with Gasteiger partial charge in [-0.05, 0) is 39.5 Å². The average Bonchev–Trinajstić information content (AvgIpc) is 2.18. The van der Waals surface area contributed by atoms with Crippen LogP contribution in [0.15, 0.2) is 22.7 Å². The predicted molar refractivity (Wildman–Crippen MR) is 75.6 cm³/mol. The summed E-state index contributed by atoms with van der Waals surface area (Å²) in [6.45, 7) is 7.02. The van der Waals surface area contributed by atoms with Crippen molar-refractivity contribution in [1.82, 2.24) is 4.90 Å². The molecule has 0 bridgehead atoms. The summed E-state index contributed by atoms with van der Waals surface area (Å²) < 4.78 is 0.800. The van der Waals surface area contributed by atoms with E-state index in [9.17, 15) is 4.79 Å². The molecule has 1 aromatic rings. The van der Waals surface area contributed by atoms with Crippen molar-refractivity contribution in [1.29, 1.82) is 0 Å². The molecule has 1 amide bonds. The van der Waals surface area contributed by atoms with Crippen LogP contribution < -0.4 is 0 Å². The molecule has 2 nitrogen and oxygen atoms in total. The van der Waals surface area contributed by atoms with Crippen molar-refractivity contribution in [2.75, 3.05) is 13.6 Å². The highest BCUT2D eigenvalue weighted by molar-refractivity contribution is 9.10. The van der Waals surface area contributed by atoms with Gasteiger partial charge in [0.05, 0.1) is 5.02 Å². The van der Waals surface area contributed by atoms with Crippen LogP contribution in [0.2, 0.25) is 5.02 Å². The van der Waals surface area contributed by atoms with E-state index < -0.39 is 0 Å². The van der Waals surface area contributed by atoms with E-state index in [2.05, 4.69) is 36.7 Å². The second-order valence-electron chi connectivity index (χ2n) is 5.35. The molecule has 1 aromatic carbocycles. The standard InChI is InChI=1S/C13H17BrClNO/c1-13(2,3)8-16(4)12(17)9-5-6-10(14)11(15)7-9/h5-7H,8H2,1-4H3. The van der Waals surface area contributed by atoms with E-state index in [4.69, 9.17) is 11.6 Å². The van der Waals surface area contributed by atoms with Crippen molar-refractivity contribution in [2.24, 2.45) is 5.41 Å². The zero-order chi connectivity index (χ0) is 13.2. The zero-order valence-corrected chi connectivity index (χ0v) is 12.9. The molecule has 0 fully saturated rings. The van der Waals surface area contributed by atoms with Crippen LogP contribution >= 0.6 is 27.5 Å². The zero-order valence-electron chi connectivity index (χ0n) is 10.6. The fourth-order valence-electron chi connectivity index (χ4n) is 1.63. The fraction of sp³-hybridized carbons (Fsp3) is 0.462. The quantitative estimate of drug-likeness (QED) is 0.799. The van der Waals surface area contributed by atoms with Crippen LogP contribution in [0.5, 0.6) is 0 Å². The first-order valence-electron chi connectivity index (χ1n) is 5.41. The topological polar surface area (TPSA) is 20.3 Å². The Balaban J connectivity index is 2.85. The molecule has 0 aromatic heterocycles. The fourth-order valence-corrected chi connectivity index (χ4v) is 2.06. The van der Waals surface area contributed by atoms with E-state index in [0.29, 0.717) is 17.1 Å². The van der Waals surface area contributed by atoms with Gasteiger partial charge in [-0.2, -0.15) is 0 Å². The lowest BCUT2D eigenvalue weighted by molar-refractivity contribution is 0.0745. The lowest BCUT2D eigenvalue weighted by atomic mass is 9.96. The van der Waals surface area contributed by atoms with E-state index >= 15 is 0 Å². The molecular formula is C13H17BrClNO. The van der Waals surface area contributed by atoms with Gasteiger partial charge in [0.1, 0.15) is 0 Å². The third kappa shape index (κ3) is 4.32. The van der Waals surface area contributed by atoms with Gasteiger partial charge >= 0.3 is 0 Å². The first-order chi connectivity index (χ1) is 7.70. The number of benzene rings is 1. The summed E-state index contributed by atoms with van der Waals surface area (Å²) in [4.78, 5) is 13.9. The molecule has 0 aliphatic carbocycles. The Bertz CT molecular complexity index is 426. The minimum Gasteiger partial charge on any atom is -0.341 e. The minimum absolute atomic E-state index is 0.00525. The Morgan fingerprint density at radius 1 is 1.41 bits per heavy atom. The molecule has 0 atom stereocenters. The number of nitrogens with zero attached hydrogens (tertiary/aromatic N) is 1. The number of rotatable bonds is 2. The molecule has 0 unspecified atom stereocenters. The van der Waals surface area contributed by atoms with E-state index in [1.54, 1.807) is 23.1 Å². The molecule has 0 aliphatic heterocycles. The lowest BCUT2D eigenvalue weighted by Crippen LogP contribution is -2.34. The summed E-state index contributed by atoms with van der Waals surface area (Å²) in [6.07, 6.45) is 0. The van der Waals surface area contributed by atoms with Crippen LogP contribution in [0.1, 0.15) is 31.1 Å². The van der Waals surface area contributed by atoms with Gasteiger partial charge in [-0.15, -0.1) is 0 Å². The Kier molecular flexibility index (Phi) is 4.62. The van der Waals surface area contributed by atoms with Crippen molar-refractivity contribution in [3.8, 4) is 0 Å². The molecule has 0 spiro atoms. The van der Waals surface area contributed by atoms with Gasteiger partial charge in [-0.3, -0.25) is 4.79 Å². The highest BCUT2D eigenvalue weighted by atomic mass is 79.9. The molecule has 0 aliphatic rings. The Hall–Kier alpha value is -0.540. The number of carbonyl (C=O) groups is 1. The molecule has 0 N–H and O–H groups in total. The number of halogens is 2. The normalized spacial score (nSPS) is 11.4. The van der Waals surface area contributed by atoms with Gasteiger partial charge in [0.15, 0.2) is 0 Å². The largest absolute Gasteiger partial charge is 0.341 e. The van der Waals surface area contributed by atoms with Gasteiger partial charge in [0.2, 0.25) is 0 Å².